The number of anilines is 1. The van der Waals surface area contributed by atoms with Gasteiger partial charge in [-0.25, -0.2) is 4.79 Å². The molecule has 0 saturated carbocycles. The fourth-order valence-corrected chi connectivity index (χ4v) is 2.72. The Morgan fingerprint density at radius 2 is 2.00 bits per heavy atom. The number of benzene rings is 1. The van der Waals surface area contributed by atoms with Crippen LogP contribution in [0.15, 0.2) is 36.0 Å². The van der Waals surface area contributed by atoms with Gasteiger partial charge in [0.2, 0.25) is 0 Å². The first-order valence-corrected chi connectivity index (χ1v) is 8.36. The summed E-state index contributed by atoms with van der Waals surface area (Å²) in [5.41, 5.74) is 6.32. The fourth-order valence-electron chi connectivity index (χ4n) is 2.72. The molecular formula is C18H23N5O3. The maximum Gasteiger partial charge on any atom is 0.339 e. The van der Waals surface area contributed by atoms with E-state index in [0.717, 1.165) is 19.6 Å². The van der Waals surface area contributed by atoms with E-state index < -0.39 is 5.97 Å². The zero-order chi connectivity index (χ0) is 18.9. The van der Waals surface area contributed by atoms with Gasteiger partial charge in [0, 0.05) is 45.5 Å². The number of methoxy groups -OCH3 is 1. The lowest BCUT2D eigenvalue weighted by Crippen LogP contribution is -2.50. The van der Waals surface area contributed by atoms with Gasteiger partial charge in [-0.1, -0.05) is 12.1 Å². The summed E-state index contributed by atoms with van der Waals surface area (Å²) in [6, 6.07) is 8.65. The highest BCUT2D eigenvalue weighted by atomic mass is 16.5. The van der Waals surface area contributed by atoms with Gasteiger partial charge in [0.05, 0.1) is 18.4 Å². The summed E-state index contributed by atoms with van der Waals surface area (Å²) >= 11 is 0. The monoisotopic (exact) mass is 357 g/mol. The van der Waals surface area contributed by atoms with Crippen LogP contribution in [0.4, 0.5) is 5.69 Å². The van der Waals surface area contributed by atoms with Gasteiger partial charge in [-0.15, -0.1) is 0 Å². The largest absolute Gasteiger partial charge is 0.465 e. The topological polar surface area (TPSA) is 112 Å². The summed E-state index contributed by atoms with van der Waals surface area (Å²) in [4.78, 5) is 28.2. The Kier molecular flexibility index (Phi) is 7.14. The van der Waals surface area contributed by atoms with E-state index in [1.807, 2.05) is 6.07 Å². The van der Waals surface area contributed by atoms with Crippen LogP contribution in [0.25, 0.3) is 0 Å². The van der Waals surface area contributed by atoms with Crippen LogP contribution in [0.1, 0.15) is 10.4 Å². The summed E-state index contributed by atoms with van der Waals surface area (Å²) in [7, 11) is 1.30. The second kappa shape index (κ2) is 9.56. The standard InChI is InChI=1S/C18H23N5O3/c1-26-18(25)15-4-2-3-5-16(15)21-13-14(12-20)17(24)23-10-8-22(7-6-19)9-11-23/h2-5,13,21H,6-11,19H2,1H3/b14-13-. The highest BCUT2D eigenvalue weighted by Crippen LogP contribution is 2.17. The highest BCUT2D eigenvalue weighted by Gasteiger charge is 2.23. The van der Waals surface area contributed by atoms with Gasteiger partial charge < -0.3 is 20.7 Å². The second-order valence-corrected chi connectivity index (χ2v) is 5.77. The van der Waals surface area contributed by atoms with Crippen molar-refractivity contribution >= 4 is 17.6 Å². The maximum atomic E-state index is 12.6. The number of hydrogen-bond donors (Lipinski definition) is 2. The van der Waals surface area contributed by atoms with Crippen molar-refractivity contribution in [1.29, 1.82) is 5.26 Å². The maximum absolute atomic E-state index is 12.6. The van der Waals surface area contributed by atoms with Gasteiger partial charge >= 0.3 is 5.97 Å². The Bertz CT molecular complexity index is 718. The van der Waals surface area contributed by atoms with Crippen molar-refractivity contribution in [3.63, 3.8) is 0 Å². The molecule has 0 bridgehead atoms. The Morgan fingerprint density at radius 1 is 1.31 bits per heavy atom. The first-order valence-electron chi connectivity index (χ1n) is 8.36. The molecule has 0 unspecified atom stereocenters. The predicted molar refractivity (Wildman–Crippen MR) is 97.2 cm³/mol. The van der Waals surface area contributed by atoms with Gasteiger partial charge in [0.1, 0.15) is 11.6 Å². The molecule has 0 atom stereocenters. The average Bonchev–Trinajstić information content (AvgIpc) is 2.68. The summed E-state index contributed by atoms with van der Waals surface area (Å²) < 4.78 is 4.73. The minimum atomic E-state index is -0.498. The average molecular weight is 357 g/mol. The summed E-state index contributed by atoms with van der Waals surface area (Å²) in [5, 5.41) is 12.2. The molecule has 2 rings (SSSR count). The number of hydrogen-bond acceptors (Lipinski definition) is 7. The number of rotatable bonds is 6. The van der Waals surface area contributed by atoms with Crippen molar-refractivity contribution in [2.45, 2.75) is 0 Å². The number of carbonyl (C=O) groups excluding carboxylic acids is 2. The lowest BCUT2D eigenvalue weighted by atomic mass is 10.1. The van der Waals surface area contributed by atoms with Crippen molar-refractivity contribution in [2.75, 3.05) is 51.7 Å². The zero-order valence-corrected chi connectivity index (χ0v) is 14.8. The number of nitrogens with zero attached hydrogens (tertiary/aromatic N) is 3. The third kappa shape index (κ3) is 4.81. The molecule has 1 heterocycles. The number of esters is 1. The molecular weight excluding hydrogens is 334 g/mol. The quantitative estimate of drug-likeness (QED) is 0.430. The van der Waals surface area contributed by atoms with Crippen LogP contribution in [0, 0.1) is 11.3 Å². The Labute approximate surface area is 152 Å². The predicted octanol–water partition coefficient (Wildman–Crippen LogP) is 0.395. The van der Waals surface area contributed by atoms with Crippen molar-refractivity contribution in [3.05, 3.63) is 41.6 Å². The molecule has 1 saturated heterocycles. The van der Waals surface area contributed by atoms with Gasteiger partial charge in [0.25, 0.3) is 5.91 Å². The number of amides is 1. The molecule has 1 amide bonds. The van der Waals surface area contributed by atoms with Crippen LogP contribution < -0.4 is 11.1 Å². The Hall–Kier alpha value is -2.89. The zero-order valence-electron chi connectivity index (χ0n) is 14.8. The summed E-state index contributed by atoms with van der Waals surface area (Å²) in [6.07, 6.45) is 1.33. The minimum absolute atomic E-state index is 0.0167. The molecule has 1 aromatic carbocycles. The smallest absolute Gasteiger partial charge is 0.339 e. The third-order valence-electron chi connectivity index (χ3n) is 4.16. The fraction of sp³-hybridized carbons (Fsp3) is 0.389. The van der Waals surface area contributed by atoms with E-state index in [9.17, 15) is 14.9 Å². The van der Waals surface area contributed by atoms with Gasteiger partial charge in [0.15, 0.2) is 0 Å². The summed E-state index contributed by atoms with van der Waals surface area (Å²) in [6.45, 7) is 3.96. The minimum Gasteiger partial charge on any atom is -0.465 e. The number of carbonyl (C=O) groups is 2. The molecule has 1 aliphatic rings. The summed E-state index contributed by atoms with van der Waals surface area (Å²) in [5.74, 6) is -0.828. The number of piperazine rings is 1. The first kappa shape index (κ1) is 19.4. The van der Waals surface area contributed by atoms with Crippen LogP contribution >= 0.6 is 0 Å². The number of nitriles is 1. The van der Waals surface area contributed by atoms with E-state index >= 15 is 0 Å². The normalized spacial score (nSPS) is 15.3. The molecule has 138 valence electrons. The van der Waals surface area contributed by atoms with E-state index in [-0.39, 0.29) is 11.5 Å². The third-order valence-corrected chi connectivity index (χ3v) is 4.16. The van der Waals surface area contributed by atoms with E-state index in [2.05, 4.69) is 10.2 Å². The van der Waals surface area contributed by atoms with Crippen molar-refractivity contribution in [1.82, 2.24) is 9.80 Å². The molecule has 3 N–H and O–H groups in total. The molecule has 1 aliphatic heterocycles. The van der Waals surface area contributed by atoms with Gasteiger partial charge in [-0.05, 0) is 12.1 Å². The number of para-hydroxylation sites is 1. The van der Waals surface area contributed by atoms with Crippen molar-refractivity contribution < 1.29 is 14.3 Å². The van der Waals surface area contributed by atoms with Crippen LogP contribution in [0.3, 0.4) is 0 Å². The van der Waals surface area contributed by atoms with E-state index in [1.165, 1.54) is 13.3 Å². The van der Waals surface area contributed by atoms with Gasteiger partial charge in [-0.3, -0.25) is 9.69 Å². The molecule has 0 aliphatic carbocycles. The lowest BCUT2D eigenvalue weighted by molar-refractivity contribution is -0.128. The van der Waals surface area contributed by atoms with Crippen LogP contribution in [0.5, 0.6) is 0 Å². The van der Waals surface area contributed by atoms with Crippen LogP contribution in [0.2, 0.25) is 0 Å². The Morgan fingerprint density at radius 3 is 2.62 bits per heavy atom. The number of nitrogens with two attached hydrogens (primary N) is 1. The lowest BCUT2D eigenvalue weighted by Gasteiger charge is -2.34. The van der Waals surface area contributed by atoms with Crippen molar-refractivity contribution in [3.8, 4) is 6.07 Å². The molecule has 8 heteroatoms. The van der Waals surface area contributed by atoms with E-state index in [4.69, 9.17) is 10.5 Å². The molecule has 26 heavy (non-hydrogen) atoms. The molecule has 1 aromatic rings. The van der Waals surface area contributed by atoms with Crippen LogP contribution in [-0.4, -0.2) is 68.1 Å². The van der Waals surface area contributed by atoms with Crippen LogP contribution in [-0.2, 0) is 9.53 Å². The molecule has 0 radical (unpaired) electrons. The van der Waals surface area contributed by atoms with Crippen molar-refractivity contribution in [2.24, 2.45) is 5.73 Å². The molecule has 0 spiro atoms. The van der Waals surface area contributed by atoms with Gasteiger partial charge in [-0.2, -0.15) is 5.26 Å². The molecule has 8 nitrogen and oxygen atoms in total. The first-order chi connectivity index (χ1) is 12.6. The molecule has 0 aromatic heterocycles. The Balaban J connectivity index is 2.06. The highest BCUT2D eigenvalue weighted by molar-refractivity contribution is 5.99. The SMILES string of the molecule is COC(=O)c1ccccc1N/C=C(/C#N)C(=O)N1CCN(CCN)CC1. The number of ether oxygens (including phenoxy) is 1. The number of nitrogens with one attached hydrogen (secondary N) is 1. The van der Waals surface area contributed by atoms with E-state index in [0.29, 0.717) is 30.9 Å². The second-order valence-electron chi connectivity index (χ2n) is 5.77. The molecule has 1 fully saturated rings. The van der Waals surface area contributed by atoms with E-state index in [1.54, 1.807) is 29.2 Å².